The van der Waals surface area contributed by atoms with Crippen molar-refractivity contribution in [3.8, 4) is 0 Å². The SMILES string of the molecule is Nc1cn(C2CCN(C3CC3)CC2)cn1. The molecular weight excluding hydrogens is 188 g/mol. The highest BCUT2D eigenvalue weighted by Crippen LogP contribution is 2.32. The van der Waals surface area contributed by atoms with Gasteiger partial charge in [-0.3, -0.25) is 0 Å². The Labute approximate surface area is 90.1 Å². The van der Waals surface area contributed by atoms with Gasteiger partial charge in [0.1, 0.15) is 5.82 Å². The van der Waals surface area contributed by atoms with E-state index >= 15 is 0 Å². The van der Waals surface area contributed by atoms with E-state index in [1.807, 2.05) is 12.5 Å². The molecule has 1 aromatic rings. The lowest BCUT2D eigenvalue weighted by Gasteiger charge is -2.32. The van der Waals surface area contributed by atoms with E-state index < -0.39 is 0 Å². The summed E-state index contributed by atoms with van der Waals surface area (Å²) >= 11 is 0. The van der Waals surface area contributed by atoms with Crippen molar-refractivity contribution in [1.82, 2.24) is 14.5 Å². The topological polar surface area (TPSA) is 47.1 Å². The number of nitrogens with zero attached hydrogens (tertiary/aromatic N) is 3. The van der Waals surface area contributed by atoms with Crippen LogP contribution in [0.3, 0.4) is 0 Å². The minimum Gasteiger partial charge on any atom is -0.382 e. The number of nitrogen functional groups attached to an aromatic ring is 1. The molecule has 1 saturated carbocycles. The van der Waals surface area contributed by atoms with Crippen molar-refractivity contribution in [1.29, 1.82) is 0 Å². The highest BCUT2D eigenvalue weighted by molar-refractivity contribution is 5.22. The predicted octanol–water partition coefficient (Wildman–Crippen LogP) is 1.26. The molecule has 2 N–H and O–H groups in total. The monoisotopic (exact) mass is 206 g/mol. The zero-order chi connectivity index (χ0) is 10.3. The van der Waals surface area contributed by atoms with Crippen LogP contribution < -0.4 is 5.73 Å². The number of anilines is 1. The molecule has 1 aliphatic carbocycles. The van der Waals surface area contributed by atoms with Crippen molar-refractivity contribution in [3.05, 3.63) is 12.5 Å². The highest BCUT2D eigenvalue weighted by Gasteiger charge is 2.32. The molecule has 4 nitrogen and oxygen atoms in total. The Hall–Kier alpha value is -1.03. The molecule has 0 aromatic carbocycles. The van der Waals surface area contributed by atoms with Crippen molar-refractivity contribution in [2.45, 2.75) is 37.8 Å². The summed E-state index contributed by atoms with van der Waals surface area (Å²) in [6.45, 7) is 2.49. The van der Waals surface area contributed by atoms with Gasteiger partial charge in [-0.15, -0.1) is 0 Å². The van der Waals surface area contributed by atoms with E-state index in [0.29, 0.717) is 11.9 Å². The first-order chi connectivity index (χ1) is 7.33. The van der Waals surface area contributed by atoms with Gasteiger partial charge in [0.05, 0.1) is 6.33 Å². The molecule has 3 rings (SSSR count). The van der Waals surface area contributed by atoms with Crippen LogP contribution in [-0.2, 0) is 0 Å². The molecule has 0 radical (unpaired) electrons. The molecule has 1 aromatic heterocycles. The van der Waals surface area contributed by atoms with Crippen LogP contribution in [-0.4, -0.2) is 33.6 Å². The Morgan fingerprint density at radius 1 is 1.13 bits per heavy atom. The standard InChI is InChI=1S/C11H18N4/c12-11-7-15(8-13-11)10-3-5-14(6-4-10)9-1-2-9/h7-10H,1-6,12H2. The second-order valence-corrected chi connectivity index (χ2v) is 4.74. The van der Waals surface area contributed by atoms with E-state index in [2.05, 4.69) is 14.5 Å². The largest absolute Gasteiger partial charge is 0.382 e. The predicted molar refractivity (Wildman–Crippen MR) is 59.5 cm³/mol. The van der Waals surface area contributed by atoms with Crippen LogP contribution in [0.2, 0.25) is 0 Å². The number of hydrogen-bond donors (Lipinski definition) is 1. The summed E-state index contributed by atoms with van der Waals surface area (Å²) in [6.07, 6.45) is 9.15. The fraction of sp³-hybridized carbons (Fsp3) is 0.727. The maximum Gasteiger partial charge on any atom is 0.141 e. The Kier molecular flexibility index (Phi) is 2.16. The van der Waals surface area contributed by atoms with Crippen molar-refractivity contribution in [2.75, 3.05) is 18.8 Å². The molecule has 0 atom stereocenters. The van der Waals surface area contributed by atoms with Crippen LogP contribution >= 0.6 is 0 Å². The third-order valence-corrected chi connectivity index (χ3v) is 3.61. The molecule has 0 spiro atoms. The van der Waals surface area contributed by atoms with Crippen LogP contribution in [0.5, 0.6) is 0 Å². The number of imidazole rings is 1. The van der Waals surface area contributed by atoms with Gasteiger partial charge in [-0.1, -0.05) is 0 Å². The number of aromatic nitrogens is 2. The fourth-order valence-electron chi connectivity index (χ4n) is 2.54. The summed E-state index contributed by atoms with van der Waals surface area (Å²) in [7, 11) is 0. The molecule has 0 unspecified atom stereocenters. The first-order valence-corrected chi connectivity index (χ1v) is 5.86. The van der Waals surface area contributed by atoms with Gasteiger partial charge in [0.15, 0.2) is 0 Å². The summed E-state index contributed by atoms with van der Waals surface area (Å²) < 4.78 is 2.18. The average Bonchev–Trinajstić information content (AvgIpc) is 3.02. The normalized spacial score (nSPS) is 24.5. The van der Waals surface area contributed by atoms with E-state index in [1.54, 1.807) is 0 Å². The van der Waals surface area contributed by atoms with Gasteiger partial charge in [-0.2, -0.15) is 0 Å². The van der Waals surface area contributed by atoms with E-state index in [4.69, 9.17) is 5.73 Å². The van der Waals surface area contributed by atoms with Crippen LogP contribution in [0.1, 0.15) is 31.7 Å². The number of likely N-dealkylation sites (tertiary alicyclic amines) is 1. The maximum absolute atomic E-state index is 5.63. The molecule has 2 heterocycles. The zero-order valence-corrected chi connectivity index (χ0v) is 8.97. The first-order valence-electron chi connectivity index (χ1n) is 5.86. The molecule has 1 aliphatic heterocycles. The third kappa shape index (κ3) is 1.86. The molecule has 0 bridgehead atoms. The summed E-state index contributed by atoms with van der Waals surface area (Å²) in [5.74, 6) is 0.639. The minimum absolute atomic E-state index is 0.616. The summed E-state index contributed by atoms with van der Waals surface area (Å²) in [5.41, 5.74) is 5.63. The van der Waals surface area contributed by atoms with Crippen LogP contribution in [0.15, 0.2) is 12.5 Å². The molecule has 82 valence electrons. The van der Waals surface area contributed by atoms with E-state index in [-0.39, 0.29) is 0 Å². The van der Waals surface area contributed by atoms with Crippen molar-refractivity contribution >= 4 is 5.82 Å². The number of piperidine rings is 1. The lowest BCUT2D eigenvalue weighted by atomic mass is 10.0. The number of rotatable bonds is 2. The summed E-state index contributed by atoms with van der Waals surface area (Å²) in [5, 5.41) is 0. The number of nitrogens with two attached hydrogens (primary N) is 1. The zero-order valence-electron chi connectivity index (χ0n) is 8.97. The fourth-order valence-corrected chi connectivity index (χ4v) is 2.54. The Bertz CT molecular complexity index is 334. The van der Waals surface area contributed by atoms with Gasteiger partial charge in [-0.25, -0.2) is 4.98 Å². The van der Waals surface area contributed by atoms with Crippen molar-refractivity contribution in [2.24, 2.45) is 0 Å². The van der Waals surface area contributed by atoms with Gasteiger partial charge in [0.25, 0.3) is 0 Å². The minimum atomic E-state index is 0.616. The molecule has 4 heteroatoms. The number of hydrogen-bond acceptors (Lipinski definition) is 3. The second-order valence-electron chi connectivity index (χ2n) is 4.74. The smallest absolute Gasteiger partial charge is 0.141 e. The molecule has 1 saturated heterocycles. The van der Waals surface area contributed by atoms with Crippen LogP contribution in [0, 0.1) is 0 Å². The molecule has 2 aliphatic rings. The van der Waals surface area contributed by atoms with Crippen LogP contribution in [0.4, 0.5) is 5.82 Å². The van der Waals surface area contributed by atoms with Crippen molar-refractivity contribution < 1.29 is 0 Å². The summed E-state index contributed by atoms with van der Waals surface area (Å²) in [6, 6.07) is 1.53. The van der Waals surface area contributed by atoms with E-state index in [0.717, 1.165) is 6.04 Å². The van der Waals surface area contributed by atoms with Gasteiger partial charge in [0.2, 0.25) is 0 Å². The molecular formula is C11H18N4. The third-order valence-electron chi connectivity index (χ3n) is 3.61. The molecule has 15 heavy (non-hydrogen) atoms. The van der Waals surface area contributed by atoms with Gasteiger partial charge < -0.3 is 15.2 Å². The Balaban J connectivity index is 1.61. The molecule has 2 fully saturated rings. The lowest BCUT2D eigenvalue weighted by Crippen LogP contribution is -2.35. The Morgan fingerprint density at radius 3 is 2.40 bits per heavy atom. The molecule has 0 amide bonds. The Morgan fingerprint density at radius 2 is 1.87 bits per heavy atom. The van der Waals surface area contributed by atoms with Gasteiger partial charge in [-0.05, 0) is 25.7 Å². The quantitative estimate of drug-likeness (QED) is 0.792. The second kappa shape index (κ2) is 3.52. The van der Waals surface area contributed by atoms with Gasteiger partial charge >= 0.3 is 0 Å². The first kappa shape index (κ1) is 9.21. The van der Waals surface area contributed by atoms with E-state index in [1.165, 1.54) is 38.8 Å². The summed E-state index contributed by atoms with van der Waals surface area (Å²) in [4.78, 5) is 6.72. The van der Waals surface area contributed by atoms with Crippen LogP contribution in [0.25, 0.3) is 0 Å². The van der Waals surface area contributed by atoms with E-state index in [9.17, 15) is 0 Å². The highest BCUT2D eigenvalue weighted by atomic mass is 15.2. The lowest BCUT2D eigenvalue weighted by molar-refractivity contribution is 0.178. The van der Waals surface area contributed by atoms with Gasteiger partial charge in [0, 0.05) is 31.4 Å². The average molecular weight is 206 g/mol. The maximum atomic E-state index is 5.63. The van der Waals surface area contributed by atoms with Crippen molar-refractivity contribution in [3.63, 3.8) is 0 Å².